The van der Waals surface area contributed by atoms with Gasteiger partial charge in [0.25, 0.3) is 0 Å². The Hall–Kier alpha value is -1.06. The Morgan fingerprint density at radius 1 is 1.38 bits per heavy atom. The molecule has 1 atom stereocenters. The maximum atomic E-state index is 5.94. The van der Waals surface area contributed by atoms with Gasteiger partial charge in [-0.25, -0.2) is 0 Å². The molecule has 88 valence electrons. The van der Waals surface area contributed by atoms with Crippen LogP contribution in [0.5, 0.6) is 0 Å². The average Bonchev–Trinajstić information content (AvgIpc) is 3.14. The lowest BCUT2D eigenvalue weighted by atomic mass is 9.93. The second-order valence-electron chi connectivity index (χ2n) is 4.56. The fourth-order valence-electron chi connectivity index (χ4n) is 2.24. The van der Waals surface area contributed by atoms with Crippen molar-refractivity contribution in [2.45, 2.75) is 18.4 Å². The standard InChI is InChI=1S/C13H20N2O/c1-16-10-13(9-14,11-7-8-11)15-12-5-3-2-4-6-12/h2-6,11,15H,7-10,14H2,1H3. The molecule has 3 nitrogen and oxygen atoms in total. The third-order valence-electron chi connectivity index (χ3n) is 3.29. The number of methoxy groups -OCH3 is 1. The Balaban J connectivity index is 2.12. The summed E-state index contributed by atoms with van der Waals surface area (Å²) < 4.78 is 5.33. The molecule has 1 aliphatic carbocycles. The lowest BCUT2D eigenvalue weighted by Gasteiger charge is -2.34. The number of hydrogen-bond donors (Lipinski definition) is 2. The van der Waals surface area contributed by atoms with Crippen LogP contribution in [0.25, 0.3) is 0 Å². The van der Waals surface area contributed by atoms with Gasteiger partial charge in [0.1, 0.15) is 0 Å². The molecule has 1 aliphatic rings. The fraction of sp³-hybridized carbons (Fsp3) is 0.538. The highest BCUT2D eigenvalue weighted by molar-refractivity contribution is 5.46. The highest BCUT2D eigenvalue weighted by Gasteiger charge is 2.44. The summed E-state index contributed by atoms with van der Waals surface area (Å²) in [7, 11) is 1.74. The molecule has 0 heterocycles. The third kappa shape index (κ3) is 2.36. The molecule has 3 N–H and O–H groups in total. The second-order valence-corrected chi connectivity index (χ2v) is 4.56. The monoisotopic (exact) mass is 220 g/mol. The van der Waals surface area contributed by atoms with Crippen molar-refractivity contribution in [3.05, 3.63) is 30.3 Å². The van der Waals surface area contributed by atoms with Crippen molar-refractivity contribution < 1.29 is 4.74 Å². The Morgan fingerprint density at radius 2 is 2.06 bits per heavy atom. The Morgan fingerprint density at radius 3 is 2.56 bits per heavy atom. The van der Waals surface area contributed by atoms with E-state index < -0.39 is 0 Å². The molecule has 0 saturated heterocycles. The fourth-order valence-corrected chi connectivity index (χ4v) is 2.24. The van der Waals surface area contributed by atoms with Crippen LogP contribution in [0.4, 0.5) is 5.69 Å². The zero-order valence-electron chi connectivity index (χ0n) is 9.78. The molecule has 1 aromatic rings. The van der Waals surface area contributed by atoms with E-state index in [1.54, 1.807) is 7.11 Å². The van der Waals surface area contributed by atoms with Crippen molar-refractivity contribution >= 4 is 5.69 Å². The first-order chi connectivity index (χ1) is 7.80. The van der Waals surface area contributed by atoms with Crippen molar-refractivity contribution in [2.24, 2.45) is 11.7 Å². The van der Waals surface area contributed by atoms with E-state index in [0.29, 0.717) is 19.1 Å². The number of anilines is 1. The molecule has 1 aromatic carbocycles. The molecule has 1 unspecified atom stereocenters. The van der Waals surface area contributed by atoms with Crippen LogP contribution in [0, 0.1) is 5.92 Å². The second kappa shape index (κ2) is 4.85. The van der Waals surface area contributed by atoms with Gasteiger partial charge in [-0.3, -0.25) is 0 Å². The maximum Gasteiger partial charge on any atom is 0.0756 e. The number of para-hydroxylation sites is 1. The minimum atomic E-state index is -0.0872. The molecule has 3 heteroatoms. The molecule has 0 amide bonds. The summed E-state index contributed by atoms with van der Waals surface area (Å²) in [5.41, 5.74) is 6.98. The predicted molar refractivity (Wildman–Crippen MR) is 66.5 cm³/mol. The van der Waals surface area contributed by atoms with E-state index in [1.807, 2.05) is 18.2 Å². The van der Waals surface area contributed by atoms with Gasteiger partial charge in [-0.1, -0.05) is 18.2 Å². The highest BCUT2D eigenvalue weighted by atomic mass is 16.5. The molecular weight excluding hydrogens is 200 g/mol. The number of rotatable bonds is 6. The van der Waals surface area contributed by atoms with E-state index in [2.05, 4.69) is 17.4 Å². The van der Waals surface area contributed by atoms with Crippen LogP contribution in [-0.2, 0) is 4.74 Å². The van der Waals surface area contributed by atoms with Gasteiger partial charge in [-0.15, -0.1) is 0 Å². The largest absolute Gasteiger partial charge is 0.382 e. The van der Waals surface area contributed by atoms with E-state index in [0.717, 1.165) is 5.69 Å². The van der Waals surface area contributed by atoms with Crippen molar-refractivity contribution in [3.8, 4) is 0 Å². The molecule has 0 aliphatic heterocycles. The van der Waals surface area contributed by atoms with E-state index >= 15 is 0 Å². The lowest BCUT2D eigenvalue weighted by molar-refractivity contribution is 0.134. The molecule has 1 fully saturated rings. The Bertz CT molecular complexity index is 324. The molecule has 2 rings (SSSR count). The Kier molecular flexibility index (Phi) is 3.46. The molecule has 0 bridgehead atoms. The van der Waals surface area contributed by atoms with Gasteiger partial charge >= 0.3 is 0 Å². The highest BCUT2D eigenvalue weighted by Crippen LogP contribution is 2.41. The minimum absolute atomic E-state index is 0.0872. The number of benzene rings is 1. The van der Waals surface area contributed by atoms with E-state index in [4.69, 9.17) is 10.5 Å². The zero-order chi connectivity index (χ0) is 11.4. The number of ether oxygens (including phenoxy) is 1. The van der Waals surface area contributed by atoms with Gasteiger partial charge < -0.3 is 15.8 Å². The van der Waals surface area contributed by atoms with Crippen LogP contribution in [0.15, 0.2) is 30.3 Å². The summed E-state index contributed by atoms with van der Waals surface area (Å²) in [6.07, 6.45) is 2.50. The van der Waals surface area contributed by atoms with Crippen LogP contribution < -0.4 is 11.1 Å². The van der Waals surface area contributed by atoms with E-state index in [1.165, 1.54) is 12.8 Å². The summed E-state index contributed by atoms with van der Waals surface area (Å²) in [6, 6.07) is 10.2. The topological polar surface area (TPSA) is 47.3 Å². The van der Waals surface area contributed by atoms with Crippen LogP contribution >= 0.6 is 0 Å². The summed E-state index contributed by atoms with van der Waals surface area (Å²) in [5, 5.41) is 3.56. The van der Waals surface area contributed by atoms with Gasteiger partial charge in [0.15, 0.2) is 0 Å². The smallest absolute Gasteiger partial charge is 0.0756 e. The van der Waals surface area contributed by atoms with Crippen LogP contribution in [0.1, 0.15) is 12.8 Å². The lowest BCUT2D eigenvalue weighted by Crippen LogP contribution is -2.51. The van der Waals surface area contributed by atoms with Crippen LogP contribution in [0.3, 0.4) is 0 Å². The van der Waals surface area contributed by atoms with E-state index in [-0.39, 0.29) is 5.54 Å². The predicted octanol–water partition coefficient (Wildman–Crippen LogP) is 1.85. The summed E-state index contributed by atoms with van der Waals surface area (Å²) in [6.45, 7) is 1.28. The van der Waals surface area contributed by atoms with Crippen molar-refractivity contribution in [2.75, 3.05) is 25.6 Å². The summed E-state index contributed by atoms with van der Waals surface area (Å²) >= 11 is 0. The number of nitrogens with two attached hydrogens (primary N) is 1. The Labute approximate surface area is 97.0 Å². The zero-order valence-corrected chi connectivity index (χ0v) is 9.78. The van der Waals surface area contributed by atoms with Crippen LogP contribution in [0.2, 0.25) is 0 Å². The van der Waals surface area contributed by atoms with E-state index in [9.17, 15) is 0 Å². The first-order valence-electron chi connectivity index (χ1n) is 5.83. The maximum absolute atomic E-state index is 5.94. The van der Waals surface area contributed by atoms with Crippen molar-refractivity contribution in [3.63, 3.8) is 0 Å². The SMILES string of the molecule is COCC(CN)(Nc1ccccc1)C1CC1. The first-order valence-corrected chi connectivity index (χ1v) is 5.83. The summed E-state index contributed by atoms with van der Waals surface area (Å²) in [5.74, 6) is 0.651. The minimum Gasteiger partial charge on any atom is -0.382 e. The molecule has 1 saturated carbocycles. The van der Waals surface area contributed by atoms with Crippen molar-refractivity contribution in [1.82, 2.24) is 0 Å². The van der Waals surface area contributed by atoms with Gasteiger partial charge in [0, 0.05) is 19.3 Å². The van der Waals surface area contributed by atoms with Gasteiger partial charge in [-0.05, 0) is 30.9 Å². The number of hydrogen-bond acceptors (Lipinski definition) is 3. The normalized spacial score (nSPS) is 19.1. The van der Waals surface area contributed by atoms with Gasteiger partial charge in [0.2, 0.25) is 0 Å². The van der Waals surface area contributed by atoms with Gasteiger partial charge in [0.05, 0.1) is 12.1 Å². The summed E-state index contributed by atoms with van der Waals surface area (Å²) in [4.78, 5) is 0. The van der Waals surface area contributed by atoms with Gasteiger partial charge in [-0.2, -0.15) is 0 Å². The average molecular weight is 220 g/mol. The van der Waals surface area contributed by atoms with Crippen molar-refractivity contribution in [1.29, 1.82) is 0 Å². The quantitative estimate of drug-likeness (QED) is 0.769. The number of nitrogens with one attached hydrogen (secondary N) is 1. The molecule has 16 heavy (non-hydrogen) atoms. The third-order valence-corrected chi connectivity index (χ3v) is 3.29. The molecule has 0 aromatic heterocycles. The molecule has 0 spiro atoms. The van der Waals surface area contributed by atoms with Crippen LogP contribution in [-0.4, -0.2) is 25.8 Å². The first kappa shape index (κ1) is 11.4. The molecular formula is C13H20N2O. The molecule has 0 radical (unpaired) electrons.